The lowest BCUT2D eigenvalue weighted by Crippen LogP contribution is -2.31. The van der Waals surface area contributed by atoms with Gasteiger partial charge >= 0.3 is 0 Å². The second-order valence-electron chi connectivity index (χ2n) is 6.43. The third-order valence-corrected chi connectivity index (χ3v) is 5.45. The summed E-state index contributed by atoms with van der Waals surface area (Å²) < 4.78 is 46.2. The van der Waals surface area contributed by atoms with Gasteiger partial charge in [0, 0.05) is 19.6 Å². The molecule has 0 aliphatic rings. The molecule has 6 nitrogen and oxygen atoms in total. The molecule has 8 heteroatoms. The lowest BCUT2D eigenvalue weighted by atomic mass is 10.1. The zero-order valence-electron chi connectivity index (χ0n) is 15.7. The number of nitrogens with one attached hydrogen (secondary N) is 1. The Hall–Kier alpha value is -2.45. The van der Waals surface area contributed by atoms with E-state index in [-0.39, 0.29) is 23.0 Å². The molecule has 0 saturated heterocycles. The minimum absolute atomic E-state index is 0.154. The Labute approximate surface area is 159 Å². The van der Waals surface area contributed by atoms with Crippen LogP contribution >= 0.6 is 0 Å². The van der Waals surface area contributed by atoms with E-state index in [1.165, 1.54) is 11.9 Å². The van der Waals surface area contributed by atoms with Crippen molar-refractivity contribution in [2.24, 2.45) is 0 Å². The Bertz CT molecular complexity index is 912. The van der Waals surface area contributed by atoms with Crippen LogP contribution in [0.5, 0.6) is 5.75 Å². The number of amides is 1. The highest BCUT2D eigenvalue weighted by molar-refractivity contribution is 7.89. The van der Waals surface area contributed by atoms with E-state index in [2.05, 4.69) is 4.72 Å². The maximum absolute atomic E-state index is 14.2. The van der Waals surface area contributed by atoms with Crippen LogP contribution in [0.4, 0.5) is 4.39 Å². The van der Waals surface area contributed by atoms with Crippen molar-refractivity contribution < 1.29 is 22.3 Å². The summed E-state index contributed by atoms with van der Waals surface area (Å²) in [7, 11) is -0.740. The third kappa shape index (κ3) is 5.27. The molecule has 0 saturated carbocycles. The normalized spacial score (nSPS) is 11.5. The average molecular weight is 394 g/mol. The molecule has 2 aromatic carbocycles. The first-order chi connectivity index (χ1) is 12.6. The van der Waals surface area contributed by atoms with E-state index in [4.69, 9.17) is 4.74 Å². The van der Waals surface area contributed by atoms with Crippen LogP contribution < -0.4 is 9.46 Å². The molecule has 1 amide bonds. The predicted molar refractivity (Wildman–Crippen MR) is 101 cm³/mol. The smallest absolute Gasteiger partial charge is 0.256 e. The van der Waals surface area contributed by atoms with Gasteiger partial charge in [-0.2, -0.15) is 0 Å². The van der Waals surface area contributed by atoms with E-state index in [1.807, 2.05) is 0 Å². The first-order valence-corrected chi connectivity index (χ1v) is 9.82. The molecular formula is C19H23FN2O4S. The van der Waals surface area contributed by atoms with Gasteiger partial charge in [-0.15, -0.1) is 0 Å². The zero-order chi connectivity index (χ0) is 20.2. The Morgan fingerprint density at radius 3 is 2.37 bits per heavy atom. The summed E-state index contributed by atoms with van der Waals surface area (Å²) in [6, 6.07) is 9.99. The highest BCUT2D eigenvalue weighted by Crippen LogP contribution is 2.19. The summed E-state index contributed by atoms with van der Waals surface area (Å²) in [5.41, 5.74) is 0.537. The zero-order valence-corrected chi connectivity index (χ0v) is 16.5. The maximum Gasteiger partial charge on any atom is 0.256 e. The van der Waals surface area contributed by atoms with E-state index in [9.17, 15) is 17.6 Å². The van der Waals surface area contributed by atoms with Crippen LogP contribution in [-0.2, 0) is 16.6 Å². The van der Waals surface area contributed by atoms with Gasteiger partial charge in [-0.05, 0) is 49.7 Å². The largest absolute Gasteiger partial charge is 0.497 e. The molecule has 0 radical (unpaired) electrons. The molecule has 0 spiro atoms. The number of methoxy groups -OCH3 is 1. The van der Waals surface area contributed by atoms with Gasteiger partial charge in [-0.25, -0.2) is 17.5 Å². The lowest BCUT2D eigenvalue weighted by molar-refractivity contribution is 0.0780. The van der Waals surface area contributed by atoms with Crippen molar-refractivity contribution in [3.8, 4) is 5.75 Å². The van der Waals surface area contributed by atoms with Crippen LogP contribution in [0.2, 0.25) is 0 Å². The minimum atomic E-state index is -3.83. The molecule has 2 aromatic rings. The van der Waals surface area contributed by atoms with Gasteiger partial charge in [0.1, 0.15) is 11.6 Å². The predicted octanol–water partition coefficient (Wildman–Crippen LogP) is 2.79. The van der Waals surface area contributed by atoms with E-state index < -0.39 is 21.7 Å². The number of halogens is 1. The van der Waals surface area contributed by atoms with Crippen LogP contribution in [0.1, 0.15) is 29.8 Å². The molecule has 0 aliphatic heterocycles. The van der Waals surface area contributed by atoms with Crippen LogP contribution in [-0.4, -0.2) is 39.4 Å². The van der Waals surface area contributed by atoms with Gasteiger partial charge in [0.15, 0.2) is 0 Å². The molecule has 0 heterocycles. The van der Waals surface area contributed by atoms with Gasteiger partial charge in [0.25, 0.3) is 5.91 Å². The van der Waals surface area contributed by atoms with Gasteiger partial charge in [0.05, 0.1) is 17.6 Å². The number of hydrogen-bond acceptors (Lipinski definition) is 4. The molecule has 27 heavy (non-hydrogen) atoms. The molecule has 2 rings (SSSR count). The summed E-state index contributed by atoms with van der Waals surface area (Å²) >= 11 is 0. The summed E-state index contributed by atoms with van der Waals surface area (Å²) in [5, 5.41) is 0. The molecule has 0 fully saturated rings. The molecule has 0 bridgehead atoms. The quantitative estimate of drug-likeness (QED) is 0.784. The second kappa shape index (κ2) is 8.49. The first-order valence-electron chi connectivity index (χ1n) is 8.34. The second-order valence-corrected chi connectivity index (χ2v) is 8.14. The minimum Gasteiger partial charge on any atom is -0.497 e. The molecule has 0 unspecified atom stereocenters. The summed E-state index contributed by atoms with van der Waals surface area (Å²) in [6.45, 7) is 3.59. The fourth-order valence-corrected chi connectivity index (χ4v) is 3.77. The van der Waals surface area contributed by atoms with Gasteiger partial charge in [-0.3, -0.25) is 4.79 Å². The van der Waals surface area contributed by atoms with E-state index in [0.717, 1.165) is 23.8 Å². The molecular weight excluding hydrogens is 371 g/mol. The highest BCUT2D eigenvalue weighted by Gasteiger charge is 2.22. The number of nitrogens with zero attached hydrogens (tertiary/aromatic N) is 1. The van der Waals surface area contributed by atoms with E-state index in [1.54, 1.807) is 45.2 Å². The number of carbonyl (C=O) groups excluding carboxylic acids is 1. The number of ether oxygens (including phenoxy) is 1. The highest BCUT2D eigenvalue weighted by atomic mass is 32.2. The first kappa shape index (κ1) is 20.9. The number of sulfonamides is 1. The molecule has 0 atom stereocenters. The Kier molecular flexibility index (Phi) is 6.56. The summed E-state index contributed by atoms with van der Waals surface area (Å²) in [6.07, 6.45) is 0. The van der Waals surface area contributed by atoms with Crippen molar-refractivity contribution in [2.75, 3.05) is 14.2 Å². The van der Waals surface area contributed by atoms with Crippen molar-refractivity contribution in [2.45, 2.75) is 31.3 Å². The van der Waals surface area contributed by atoms with Gasteiger partial charge in [-0.1, -0.05) is 12.1 Å². The van der Waals surface area contributed by atoms with Gasteiger partial charge < -0.3 is 9.64 Å². The maximum atomic E-state index is 14.2. The van der Waals surface area contributed by atoms with Crippen molar-refractivity contribution in [1.29, 1.82) is 0 Å². The van der Waals surface area contributed by atoms with Crippen LogP contribution in [0, 0.1) is 5.82 Å². The van der Waals surface area contributed by atoms with Crippen molar-refractivity contribution in [1.82, 2.24) is 9.62 Å². The fraction of sp³-hybridized carbons (Fsp3) is 0.316. The summed E-state index contributed by atoms with van der Waals surface area (Å²) in [4.78, 5) is 13.8. The monoisotopic (exact) mass is 394 g/mol. The van der Waals surface area contributed by atoms with Crippen molar-refractivity contribution in [3.05, 3.63) is 59.4 Å². The Morgan fingerprint density at radius 2 is 1.81 bits per heavy atom. The number of hydrogen-bond donors (Lipinski definition) is 1. The topological polar surface area (TPSA) is 75.7 Å². The third-order valence-electron chi connectivity index (χ3n) is 3.79. The van der Waals surface area contributed by atoms with Crippen LogP contribution in [0.15, 0.2) is 47.4 Å². The number of benzene rings is 2. The molecule has 0 aliphatic carbocycles. The summed E-state index contributed by atoms with van der Waals surface area (Å²) in [5.74, 6) is -0.690. The Balaban J connectivity index is 2.25. The average Bonchev–Trinajstić information content (AvgIpc) is 2.61. The van der Waals surface area contributed by atoms with E-state index >= 15 is 0 Å². The molecule has 146 valence electrons. The number of carbonyl (C=O) groups is 1. The fourth-order valence-electron chi connectivity index (χ4n) is 2.50. The van der Waals surface area contributed by atoms with Crippen LogP contribution in [0.3, 0.4) is 0 Å². The SMILES string of the molecule is COc1ccc(CN(C)C(=O)c2cc(S(=O)(=O)NC(C)C)ccc2F)cc1. The standard InChI is InChI=1S/C19H23FN2O4S/c1-13(2)21-27(24,25)16-9-10-18(20)17(11-16)19(23)22(3)12-14-5-7-15(26-4)8-6-14/h5-11,13,21H,12H2,1-4H3. The van der Waals surface area contributed by atoms with Crippen molar-refractivity contribution in [3.63, 3.8) is 0 Å². The number of rotatable bonds is 7. The van der Waals surface area contributed by atoms with E-state index in [0.29, 0.717) is 5.75 Å². The lowest BCUT2D eigenvalue weighted by Gasteiger charge is -2.18. The molecule has 0 aromatic heterocycles. The van der Waals surface area contributed by atoms with Gasteiger partial charge in [0.2, 0.25) is 10.0 Å². The van der Waals surface area contributed by atoms with Crippen LogP contribution in [0.25, 0.3) is 0 Å². The van der Waals surface area contributed by atoms with Crippen molar-refractivity contribution >= 4 is 15.9 Å². The Morgan fingerprint density at radius 1 is 1.19 bits per heavy atom. The molecule has 1 N–H and O–H groups in total.